The maximum Gasteiger partial charge on any atom is 0.180 e. The zero-order chi connectivity index (χ0) is 10.8. The molecular weight excluding hydrogens is 258 g/mol. The molecule has 0 atom stereocenters. The van der Waals surface area contributed by atoms with Gasteiger partial charge >= 0.3 is 0 Å². The Kier molecular flexibility index (Phi) is 2.64. The number of hydrogen-bond acceptors (Lipinski definition) is 3. The summed E-state index contributed by atoms with van der Waals surface area (Å²) in [6.07, 6.45) is 3.43. The third kappa shape index (κ3) is 1.97. The summed E-state index contributed by atoms with van der Waals surface area (Å²) >= 11 is 3.23. The van der Waals surface area contributed by atoms with E-state index in [1.165, 1.54) is 6.92 Å². The Hall–Kier alpha value is -1.49. The van der Waals surface area contributed by atoms with Crippen LogP contribution in [0.1, 0.15) is 17.4 Å². The van der Waals surface area contributed by atoms with Crippen molar-refractivity contribution >= 4 is 21.7 Å². The lowest BCUT2D eigenvalue weighted by Gasteiger charge is -2.05. The molecule has 0 aromatic carbocycles. The first-order chi connectivity index (χ1) is 7.18. The summed E-state index contributed by atoms with van der Waals surface area (Å²) in [5.41, 5.74) is 1.10. The Morgan fingerprint density at radius 1 is 1.47 bits per heavy atom. The molecule has 2 heterocycles. The Morgan fingerprint density at radius 3 is 2.87 bits per heavy atom. The van der Waals surface area contributed by atoms with Crippen LogP contribution in [0.3, 0.4) is 0 Å². The highest BCUT2D eigenvalue weighted by molar-refractivity contribution is 9.10. The highest BCUT2D eigenvalue weighted by atomic mass is 79.9. The van der Waals surface area contributed by atoms with E-state index in [0.717, 1.165) is 0 Å². The van der Waals surface area contributed by atoms with E-state index in [9.17, 15) is 4.79 Å². The van der Waals surface area contributed by atoms with Crippen LogP contribution in [0.4, 0.5) is 0 Å². The SMILES string of the molecule is CC(=O)c1nc(Br)ccc1-n1cccn1. The molecule has 0 spiro atoms. The van der Waals surface area contributed by atoms with Crippen LogP contribution in [0.5, 0.6) is 0 Å². The molecule has 0 amide bonds. The summed E-state index contributed by atoms with van der Waals surface area (Å²) in [5, 5.41) is 4.07. The number of rotatable bonds is 2. The summed E-state index contributed by atoms with van der Waals surface area (Å²) in [7, 11) is 0. The lowest BCUT2D eigenvalue weighted by Crippen LogP contribution is -2.06. The third-order valence-corrected chi connectivity index (χ3v) is 2.37. The standard InChI is InChI=1S/C10H8BrN3O/c1-7(15)10-8(3-4-9(11)13-10)14-6-2-5-12-14/h2-6H,1H3. The average Bonchev–Trinajstić information content (AvgIpc) is 2.70. The zero-order valence-electron chi connectivity index (χ0n) is 8.01. The van der Waals surface area contributed by atoms with Gasteiger partial charge in [0.15, 0.2) is 5.78 Å². The monoisotopic (exact) mass is 265 g/mol. The zero-order valence-corrected chi connectivity index (χ0v) is 9.60. The van der Waals surface area contributed by atoms with Gasteiger partial charge in [0, 0.05) is 19.3 Å². The minimum atomic E-state index is -0.0817. The number of nitrogens with zero attached hydrogens (tertiary/aromatic N) is 3. The molecule has 5 heteroatoms. The molecule has 0 aliphatic carbocycles. The molecule has 2 rings (SSSR count). The normalized spacial score (nSPS) is 10.3. The van der Waals surface area contributed by atoms with E-state index in [4.69, 9.17) is 0 Å². The van der Waals surface area contributed by atoms with Gasteiger partial charge in [-0.3, -0.25) is 4.79 Å². The minimum Gasteiger partial charge on any atom is -0.293 e. The number of hydrogen-bond donors (Lipinski definition) is 0. The molecule has 0 aliphatic heterocycles. The van der Waals surface area contributed by atoms with E-state index in [-0.39, 0.29) is 5.78 Å². The van der Waals surface area contributed by atoms with Crippen molar-refractivity contribution in [3.63, 3.8) is 0 Å². The van der Waals surface area contributed by atoms with E-state index >= 15 is 0 Å². The molecule has 0 aliphatic rings. The van der Waals surface area contributed by atoms with E-state index in [0.29, 0.717) is 16.0 Å². The van der Waals surface area contributed by atoms with Crippen molar-refractivity contribution in [2.24, 2.45) is 0 Å². The quantitative estimate of drug-likeness (QED) is 0.618. The predicted octanol–water partition coefficient (Wildman–Crippen LogP) is 2.23. The molecule has 0 unspecified atom stereocenters. The highest BCUT2D eigenvalue weighted by Gasteiger charge is 2.11. The molecule has 0 saturated carbocycles. The van der Waals surface area contributed by atoms with Crippen molar-refractivity contribution in [2.45, 2.75) is 6.92 Å². The first-order valence-corrected chi connectivity index (χ1v) is 5.15. The van der Waals surface area contributed by atoms with Crippen LogP contribution in [-0.4, -0.2) is 20.5 Å². The first-order valence-electron chi connectivity index (χ1n) is 4.36. The molecule has 0 fully saturated rings. The second kappa shape index (κ2) is 3.94. The van der Waals surface area contributed by atoms with E-state index < -0.39 is 0 Å². The van der Waals surface area contributed by atoms with E-state index in [2.05, 4.69) is 26.0 Å². The van der Waals surface area contributed by atoms with Crippen LogP contribution in [0.2, 0.25) is 0 Å². The van der Waals surface area contributed by atoms with Gasteiger partial charge in [-0.1, -0.05) is 0 Å². The Balaban J connectivity index is 2.61. The van der Waals surface area contributed by atoms with Crippen molar-refractivity contribution < 1.29 is 4.79 Å². The number of pyridine rings is 1. The smallest absolute Gasteiger partial charge is 0.180 e. The summed E-state index contributed by atoms with van der Waals surface area (Å²) in [6, 6.07) is 5.39. The van der Waals surface area contributed by atoms with Crippen LogP contribution in [0.25, 0.3) is 5.69 Å². The summed E-state index contributed by atoms with van der Waals surface area (Å²) < 4.78 is 2.26. The van der Waals surface area contributed by atoms with Gasteiger partial charge in [-0.15, -0.1) is 0 Å². The second-order valence-corrected chi connectivity index (χ2v) is 3.82. The molecule has 76 valence electrons. The number of ketones is 1. The fraction of sp³-hybridized carbons (Fsp3) is 0.100. The van der Waals surface area contributed by atoms with Crippen LogP contribution in [0, 0.1) is 0 Å². The number of carbonyl (C=O) groups is 1. The first kappa shape index (κ1) is 10.0. The van der Waals surface area contributed by atoms with Crippen molar-refractivity contribution in [1.82, 2.24) is 14.8 Å². The minimum absolute atomic E-state index is 0.0817. The predicted molar refractivity (Wildman–Crippen MR) is 59.1 cm³/mol. The summed E-state index contributed by atoms with van der Waals surface area (Å²) in [4.78, 5) is 15.5. The fourth-order valence-corrected chi connectivity index (χ4v) is 1.59. The van der Waals surface area contributed by atoms with E-state index in [1.807, 2.05) is 0 Å². The summed E-state index contributed by atoms with van der Waals surface area (Å²) in [5.74, 6) is -0.0817. The van der Waals surface area contributed by atoms with Gasteiger partial charge in [-0.25, -0.2) is 9.67 Å². The van der Waals surface area contributed by atoms with Gasteiger partial charge < -0.3 is 0 Å². The summed E-state index contributed by atoms with van der Waals surface area (Å²) in [6.45, 7) is 1.49. The number of Topliss-reactive ketones (excluding diaryl/α,β-unsaturated/α-hetero) is 1. The molecule has 2 aromatic rings. The number of aromatic nitrogens is 3. The number of halogens is 1. The van der Waals surface area contributed by atoms with Gasteiger partial charge in [0.2, 0.25) is 0 Å². The maximum absolute atomic E-state index is 11.4. The molecule has 4 nitrogen and oxygen atoms in total. The molecule has 0 saturated heterocycles. The average molecular weight is 266 g/mol. The van der Waals surface area contributed by atoms with Crippen LogP contribution in [0.15, 0.2) is 35.2 Å². The van der Waals surface area contributed by atoms with Crippen molar-refractivity contribution in [3.05, 3.63) is 40.9 Å². The third-order valence-electron chi connectivity index (χ3n) is 1.92. The van der Waals surface area contributed by atoms with Gasteiger partial charge in [-0.05, 0) is 34.1 Å². The molecule has 0 bridgehead atoms. The molecular formula is C10H8BrN3O. The van der Waals surface area contributed by atoms with Gasteiger partial charge in [0.05, 0.1) is 5.69 Å². The van der Waals surface area contributed by atoms with Gasteiger partial charge in [0.1, 0.15) is 10.3 Å². The largest absolute Gasteiger partial charge is 0.293 e. The van der Waals surface area contributed by atoms with Gasteiger partial charge in [-0.2, -0.15) is 5.10 Å². The molecule has 0 radical (unpaired) electrons. The number of carbonyl (C=O) groups excluding carboxylic acids is 1. The molecule has 2 aromatic heterocycles. The maximum atomic E-state index is 11.4. The van der Waals surface area contributed by atoms with Crippen LogP contribution >= 0.6 is 15.9 Å². The molecule has 15 heavy (non-hydrogen) atoms. The fourth-order valence-electron chi connectivity index (χ4n) is 1.28. The Morgan fingerprint density at radius 2 is 2.27 bits per heavy atom. The van der Waals surface area contributed by atoms with E-state index in [1.54, 1.807) is 35.3 Å². The molecule has 0 N–H and O–H groups in total. The Bertz CT molecular complexity index is 493. The second-order valence-electron chi connectivity index (χ2n) is 3.01. The van der Waals surface area contributed by atoms with Crippen molar-refractivity contribution in [1.29, 1.82) is 0 Å². The Labute approximate surface area is 95.1 Å². The van der Waals surface area contributed by atoms with Crippen LogP contribution in [-0.2, 0) is 0 Å². The van der Waals surface area contributed by atoms with Crippen LogP contribution < -0.4 is 0 Å². The highest BCUT2D eigenvalue weighted by Crippen LogP contribution is 2.16. The topological polar surface area (TPSA) is 47.8 Å². The van der Waals surface area contributed by atoms with Crippen molar-refractivity contribution in [2.75, 3.05) is 0 Å². The van der Waals surface area contributed by atoms with Crippen molar-refractivity contribution in [3.8, 4) is 5.69 Å². The van der Waals surface area contributed by atoms with Gasteiger partial charge in [0.25, 0.3) is 0 Å². The lowest BCUT2D eigenvalue weighted by molar-refractivity contribution is 0.101. The lowest BCUT2D eigenvalue weighted by atomic mass is 10.2.